The zero-order chi connectivity index (χ0) is 17.1. The average Bonchev–Trinajstić information content (AvgIpc) is 3.34. The van der Waals surface area contributed by atoms with E-state index >= 15 is 0 Å². The molecule has 0 spiro atoms. The van der Waals surface area contributed by atoms with Crippen molar-refractivity contribution in [3.8, 4) is 10.8 Å². The van der Waals surface area contributed by atoms with Crippen molar-refractivity contribution in [1.82, 2.24) is 14.8 Å². The Hall–Kier alpha value is -2.44. The second kappa shape index (κ2) is 7.21. The monoisotopic (exact) mass is 353 g/mol. The predicted molar refractivity (Wildman–Crippen MR) is 97.4 cm³/mol. The van der Waals surface area contributed by atoms with E-state index in [0.29, 0.717) is 0 Å². The van der Waals surface area contributed by atoms with Crippen LogP contribution in [0.25, 0.3) is 10.8 Å². The Labute approximate surface area is 150 Å². The molecule has 1 aromatic carbocycles. The molecule has 0 radical (unpaired) electrons. The molecule has 25 heavy (non-hydrogen) atoms. The summed E-state index contributed by atoms with van der Waals surface area (Å²) in [6, 6.07) is 13.3. The van der Waals surface area contributed by atoms with Crippen molar-refractivity contribution in [2.45, 2.75) is 6.54 Å². The van der Waals surface area contributed by atoms with Crippen LogP contribution in [0.5, 0.6) is 0 Å². The molecule has 0 saturated carbocycles. The molecule has 0 N–H and O–H groups in total. The van der Waals surface area contributed by atoms with Gasteiger partial charge in [0.1, 0.15) is 0 Å². The van der Waals surface area contributed by atoms with Crippen molar-refractivity contribution in [3.05, 3.63) is 65.4 Å². The largest absolute Gasteiger partial charge is 0.462 e. The van der Waals surface area contributed by atoms with E-state index in [2.05, 4.69) is 15.3 Å². The molecule has 2 aromatic heterocycles. The molecule has 0 aliphatic carbocycles. The van der Waals surface area contributed by atoms with Gasteiger partial charge in [-0.05, 0) is 24.3 Å². The summed E-state index contributed by atoms with van der Waals surface area (Å²) in [7, 11) is 0. The van der Waals surface area contributed by atoms with Crippen LogP contribution in [0.1, 0.15) is 16.1 Å². The van der Waals surface area contributed by atoms with Gasteiger partial charge in [0.25, 0.3) is 5.91 Å². The Morgan fingerprint density at radius 2 is 1.88 bits per heavy atom. The lowest BCUT2D eigenvalue weighted by Gasteiger charge is -2.34. The number of carbonyl (C=O) groups excluding carboxylic acids is 1. The highest BCUT2D eigenvalue weighted by molar-refractivity contribution is 7.13. The van der Waals surface area contributed by atoms with Crippen LogP contribution in [-0.2, 0) is 6.54 Å². The van der Waals surface area contributed by atoms with E-state index in [9.17, 15) is 4.79 Å². The molecule has 1 saturated heterocycles. The number of hydrogen-bond donors (Lipinski definition) is 0. The molecule has 3 heterocycles. The summed E-state index contributed by atoms with van der Waals surface area (Å²) in [6.07, 6.45) is 1.67. The number of furan rings is 1. The summed E-state index contributed by atoms with van der Waals surface area (Å²) < 4.78 is 5.40. The minimum atomic E-state index is 0.119. The third-order valence-electron chi connectivity index (χ3n) is 4.35. The van der Waals surface area contributed by atoms with Gasteiger partial charge in [-0.2, -0.15) is 0 Å². The van der Waals surface area contributed by atoms with Gasteiger partial charge in [-0.3, -0.25) is 9.69 Å². The summed E-state index contributed by atoms with van der Waals surface area (Å²) in [5.74, 6) is 0.934. The Bertz CT molecular complexity index is 821. The van der Waals surface area contributed by atoms with E-state index in [1.54, 1.807) is 17.6 Å². The van der Waals surface area contributed by atoms with Gasteiger partial charge in [0.05, 0.1) is 12.0 Å². The summed E-state index contributed by atoms with van der Waals surface area (Å²) >= 11 is 1.60. The van der Waals surface area contributed by atoms with Crippen LogP contribution in [0, 0.1) is 0 Å². The average molecular weight is 353 g/mol. The SMILES string of the molecule is O=C(c1ccccc1)N1CCN(Cc2csc(-c3ccco3)n2)CC1. The normalized spacial score (nSPS) is 15.4. The first-order valence-electron chi connectivity index (χ1n) is 8.34. The van der Waals surface area contributed by atoms with Gasteiger partial charge < -0.3 is 9.32 Å². The van der Waals surface area contributed by atoms with Gasteiger partial charge >= 0.3 is 0 Å². The maximum absolute atomic E-state index is 12.5. The first-order chi connectivity index (χ1) is 12.3. The molecule has 1 aliphatic rings. The van der Waals surface area contributed by atoms with E-state index in [1.165, 1.54) is 0 Å². The summed E-state index contributed by atoms with van der Waals surface area (Å²) in [5.41, 5.74) is 1.82. The lowest BCUT2D eigenvalue weighted by Crippen LogP contribution is -2.48. The van der Waals surface area contributed by atoms with Crippen molar-refractivity contribution in [2.75, 3.05) is 26.2 Å². The fourth-order valence-electron chi connectivity index (χ4n) is 2.99. The Morgan fingerprint density at radius 3 is 2.60 bits per heavy atom. The number of hydrogen-bond acceptors (Lipinski definition) is 5. The lowest BCUT2D eigenvalue weighted by atomic mass is 10.2. The number of amides is 1. The van der Waals surface area contributed by atoms with Crippen LogP contribution in [-0.4, -0.2) is 46.9 Å². The number of nitrogens with zero attached hydrogens (tertiary/aromatic N) is 3. The van der Waals surface area contributed by atoms with E-state index in [4.69, 9.17) is 4.42 Å². The van der Waals surface area contributed by atoms with Crippen LogP contribution in [0.4, 0.5) is 0 Å². The maximum Gasteiger partial charge on any atom is 0.253 e. The highest BCUT2D eigenvalue weighted by Gasteiger charge is 2.22. The van der Waals surface area contributed by atoms with Gasteiger partial charge in [0, 0.05) is 43.7 Å². The molecule has 1 amide bonds. The molecule has 3 aromatic rings. The van der Waals surface area contributed by atoms with Crippen molar-refractivity contribution in [2.24, 2.45) is 0 Å². The quantitative estimate of drug-likeness (QED) is 0.722. The van der Waals surface area contributed by atoms with Crippen molar-refractivity contribution in [3.63, 3.8) is 0 Å². The molecule has 0 atom stereocenters. The van der Waals surface area contributed by atoms with Crippen LogP contribution in [0.2, 0.25) is 0 Å². The highest BCUT2D eigenvalue weighted by atomic mass is 32.1. The number of thiazole rings is 1. The molecule has 6 heteroatoms. The minimum Gasteiger partial charge on any atom is -0.462 e. The molecule has 4 rings (SSSR count). The second-order valence-electron chi connectivity index (χ2n) is 6.06. The predicted octanol–water partition coefficient (Wildman–Crippen LogP) is 3.36. The van der Waals surface area contributed by atoms with Gasteiger partial charge in [-0.25, -0.2) is 4.98 Å². The highest BCUT2D eigenvalue weighted by Crippen LogP contribution is 2.24. The third-order valence-corrected chi connectivity index (χ3v) is 5.26. The van der Waals surface area contributed by atoms with Gasteiger partial charge in [-0.15, -0.1) is 11.3 Å². The Balaban J connectivity index is 1.33. The van der Waals surface area contributed by atoms with E-state index < -0.39 is 0 Å². The number of piperazine rings is 1. The Morgan fingerprint density at radius 1 is 1.08 bits per heavy atom. The zero-order valence-electron chi connectivity index (χ0n) is 13.8. The smallest absolute Gasteiger partial charge is 0.253 e. The molecule has 0 bridgehead atoms. The minimum absolute atomic E-state index is 0.119. The summed E-state index contributed by atoms with van der Waals surface area (Å²) in [5, 5.41) is 3.00. The van der Waals surface area contributed by atoms with Crippen LogP contribution in [0.3, 0.4) is 0 Å². The zero-order valence-corrected chi connectivity index (χ0v) is 14.6. The third kappa shape index (κ3) is 3.65. The first-order valence-corrected chi connectivity index (χ1v) is 9.22. The van der Waals surface area contributed by atoms with Gasteiger partial charge in [0.2, 0.25) is 0 Å². The van der Waals surface area contributed by atoms with Crippen LogP contribution in [0.15, 0.2) is 58.5 Å². The molecule has 1 fully saturated rings. The summed E-state index contributed by atoms with van der Waals surface area (Å²) in [6.45, 7) is 4.05. The first kappa shape index (κ1) is 16.1. The fourth-order valence-corrected chi connectivity index (χ4v) is 3.77. The molecule has 0 unspecified atom stereocenters. The number of rotatable bonds is 4. The van der Waals surface area contributed by atoms with Crippen molar-refractivity contribution in [1.29, 1.82) is 0 Å². The number of benzene rings is 1. The topological polar surface area (TPSA) is 49.6 Å². The van der Waals surface area contributed by atoms with E-state index in [0.717, 1.165) is 54.7 Å². The van der Waals surface area contributed by atoms with E-state index in [1.807, 2.05) is 47.4 Å². The van der Waals surface area contributed by atoms with Gasteiger partial charge in [-0.1, -0.05) is 18.2 Å². The Kier molecular flexibility index (Phi) is 4.63. The molecule has 128 valence electrons. The van der Waals surface area contributed by atoms with Crippen molar-refractivity contribution < 1.29 is 9.21 Å². The fraction of sp³-hybridized carbons (Fsp3) is 0.263. The molecular formula is C19H19N3O2S. The molecular weight excluding hydrogens is 334 g/mol. The second-order valence-corrected chi connectivity index (χ2v) is 6.91. The van der Waals surface area contributed by atoms with Gasteiger partial charge in [0.15, 0.2) is 10.8 Å². The van der Waals surface area contributed by atoms with Crippen LogP contribution >= 0.6 is 11.3 Å². The number of carbonyl (C=O) groups is 1. The standard InChI is InChI=1S/C19H19N3O2S/c23-19(15-5-2-1-3-6-15)22-10-8-21(9-11-22)13-16-14-25-18(20-16)17-7-4-12-24-17/h1-7,12,14H,8-11,13H2. The maximum atomic E-state index is 12.5. The van der Waals surface area contributed by atoms with Crippen molar-refractivity contribution >= 4 is 17.2 Å². The molecule has 1 aliphatic heterocycles. The summed E-state index contributed by atoms with van der Waals surface area (Å²) in [4.78, 5) is 21.4. The number of aromatic nitrogens is 1. The lowest BCUT2D eigenvalue weighted by molar-refractivity contribution is 0.0627. The van der Waals surface area contributed by atoms with Crippen LogP contribution < -0.4 is 0 Å². The molecule has 5 nitrogen and oxygen atoms in total. The van der Waals surface area contributed by atoms with E-state index in [-0.39, 0.29) is 5.91 Å².